The second kappa shape index (κ2) is 5.09. The Bertz CT molecular complexity index is 537. The lowest BCUT2D eigenvalue weighted by Crippen LogP contribution is -2.36. The van der Waals surface area contributed by atoms with Gasteiger partial charge >= 0.3 is 6.03 Å². The molecule has 1 N–H and O–H groups in total. The molecule has 2 heterocycles. The molecule has 6 nitrogen and oxygen atoms in total. The van der Waals surface area contributed by atoms with Gasteiger partial charge in [-0.05, 0) is 25.0 Å². The maximum atomic E-state index is 12.2. The maximum Gasteiger partial charge on any atom is 0.323 e. The summed E-state index contributed by atoms with van der Waals surface area (Å²) in [6.07, 6.45) is 5.24. The number of amides is 2. The van der Waals surface area contributed by atoms with Gasteiger partial charge in [-0.2, -0.15) is 0 Å². The van der Waals surface area contributed by atoms with Gasteiger partial charge in [0.2, 0.25) is 0 Å². The highest BCUT2D eigenvalue weighted by Gasteiger charge is 2.33. The molecule has 2 amide bonds. The number of rotatable bonds is 4. The molecule has 98 valence electrons. The number of carbonyl (C=O) groups excluding carboxylic acids is 1. The third-order valence-corrected chi connectivity index (χ3v) is 2.98. The minimum atomic E-state index is -0.165. The first-order valence-electron chi connectivity index (χ1n) is 6.21. The molecule has 19 heavy (non-hydrogen) atoms. The molecule has 0 unspecified atom stereocenters. The van der Waals surface area contributed by atoms with E-state index in [0.29, 0.717) is 18.4 Å². The van der Waals surface area contributed by atoms with Crippen molar-refractivity contribution in [1.82, 2.24) is 15.0 Å². The highest BCUT2D eigenvalue weighted by atomic mass is 16.5. The molecule has 2 aromatic heterocycles. The molecule has 1 fully saturated rings. The Labute approximate surface area is 110 Å². The highest BCUT2D eigenvalue weighted by molar-refractivity contribution is 5.88. The molecule has 0 aromatic carbocycles. The van der Waals surface area contributed by atoms with Crippen LogP contribution in [-0.2, 0) is 6.54 Å². The predicted molar refractivity (Wildman–Crippen MR) is 68.3 cm³/mol. The van der Waals surface area contributed by atoms with Crippen LogP contribution in [0.3, 0.4) is 0 Å². The standard InChI is InChI=1S/C13H14N4O2/c18-13(15-12-6-8-19-16-12)17(11-4-5-11)9-10-3-1-2-7-14-10/h1-3,6-8,11H,4-5,9H2,(H,15,16,18). The Hall–Kier alpha value is -2.37. The van der Waals surface area contributed by atoms with E-state index in [1.54, 1.807) is 17.2 Å². The monoisotopic (exact) mass is 258 g/mol. The lowest BCUT2D eigenvalue weighted by Gasteiger charge is -2.21. The largest absolute Gasteiger partial charge is 0.363 e. The summed E-state index contributed by atoms with van der Waals surface area (Å²) in [5, 5.41) is 6.39. The van der Waals surface area contributed by atoms with Gasteiger partial charge in [0.05, 0.1) is 12.2 Å². The zero-order valence-corrected chi connectivity index (χ0v) is 10.3. The zero-order valence-electron chi connectivity index (χ0n) is 10.3. The van der Waals surface area contributed by atoms with Crippen molar-refractivity contribution >= 4 is 11.8 Å². The summed E-state index contributed by atoms with van der Waals surface area (Å²) < 4.78 is 4.69. The maximum absolute atomic E-state index is 12.2. The molecule has 0 saturated heterocycles. The number of urea groups is 1. The van der Waals surface area contributed by atoms with Crippen LogP contribution in [0.4, 0.5) is 10.6 Å². The Balaban J connectivity index is 1.69. The summed E-state index contributed by atoms with van der Waals surface area (Å²) in [6, 6.07) is 7.45. The van der Waals surface area contributed by atoms with E-state index < -0.39 is 0 Å². The van der Waals surface area contributed by atoms with Gasteiger partial charge in [-0.1, -0.05) is 11.2 Å². The van der Waals surface area contributed by atoms with Crippen LogP contribution in [0.1, 0.15) is 18.5 Å². The Morgan fingerprint density at radius 3 is 2.95 bits per heavy atom. The SMILES string of the molecule is O=C(Nc1ccon1)N(Cc1ccccn1)C1CC1. The van der Waals surface area contributed by atoms with E-state index in [9.17, 15) is 4.79 Å². The van der Waals surface area contributed by atoms with Crippen molar-refractivity contribution in [1.29, 1.82) is 0 Å². The fraction of sp³-hybridized carbons (Fsp3) is 0.308. The third-order valence-electron chi connectivity index (χ3n) is 2.98. The minimum absolute atomic E-state index is 0.165. The third kappa shape index (κ3) is 2.90. The molecule has 2 aromatic rings. The molecule has 1 aliphatic carbocycles. The number of hydrogen-bond donors (Lipinski definition) is 1. The van der Waals surface area contributed by atoms with E-state index in [1.165, 1.54) is 6.26 Å². The number of carbonyl (C=O) groups is 1. The fourth-order valence-corrected chi connectivity index (χ4v) is 1.88. The van der Waals surface area contributed by atoms with Gasteiger partial charge in [-0.15, -0.1) is 0 Å². The van der Waals surface area contributed by atoms with Gasteiger partial charge < -0.3 is 9.42 Å². The fourth-order valence-electron chi connectivity index (χ4n) is 1.88. The van der Waals surface area contributed by atoms with Crippen LogP contribution in [0.25, 0.3) is 0 Å². The Morgan fingerprint density at radius 2 is 2.32 bits per heavy atom. The number of nitrogens with one attached hydrogen (secondary N) is 1. The molecule has 6 heteroatoms. The first-order valence-corrected chi connectivity index (χ1v) is 6.21. The number of nitrogens with zero attached hydrogens (tertiary/aromatic N) is 3. The molecule has 0 radical (unpaired) electrons. The Kier molecular flexibility index (Phi) is 3.14. The van der Waals surface area contributed by atoms with Gasteiger partial charge in [0, 0.05) is 18.3 Å². The van der Waals surface area contributed by atoms with Crippen molar-refractivity contribution in [3.05, 3.63) is 42.4 Å². The molecule has 0 bridgehead atoms. The van der Waals surface area contributed by atoms with Crippen LogP contribution in [0, 0.1) is 0 Å². The van der Waals surface area contributed by atoms with Crippen molar-refractivity contribution in [2.75, 3.05) is 5.32 Å². The van der Waals surface area contributed by atoms with E-state index >= 15 is 0 Å². The van der Waals surface area contributed by atoms with Crippen molar-refractivity contribution in [2.45, 2.75) is 25.4 Å². The van der Waals surface area contributed by atoms with Crippen LogP contribution >= 0.6 is 0 Å². The predicted octanol–water partition coefficient (Wildman–Crippen LogP) is 2.27. The van der Waals surface area contributed by atoms with Gasteiger partial charge in [0.25, 0.3) is 0 Å². The second-order valence-corrected chi connectivity index (χ2v) is 4.49. The summed E-state index contributed by atoms with van der Waals surface area (Å²) >= 11 is 0. The van der Waals surface area contributed by atoms with E-state index in [1.807, 2.05) is 18.2 Å². The first kappa shape index (κ1) is 11.7. The normalized spacial score (nSPS) is 14.1. The lowest BCUT2D eigenvalue weighted by molar-refractivity contribution is 0.205. The van der Waals surface area contributed by atoms with Crippen molar-refractivity contribution in [3.8, 4) is 0 Å². The first-order chi connectivity index (χ1) is 9.33. The Morgan fingerprint density at radius 1 is 1.42 bits per heavy atom. The van der Waals surface area contributed by atoms with E-state index in [0.717, 1.165) is 18.5 Å². The smallest absolute Gasteiger partial charge is 0.323 e. The number of pyridine rings is 1. The van der Waals surface area contributed by atoms with Crippen LogP contribution in [0.15, 0.2) is 41.2 Å². The summed E-state index contributed by atoms with van der Waals surface area (Å²) in [5.41, 5.74) is 0.879. The molecule has 1 saturated carbocycles. The molecule has 0 atom stereocenters. The highest BCUT2D eigenvalue weighted by Crippen LogP contribution is 2.28. The van der Waals surface area contributed by atoms with Crippen LogP contribution in [0.5, 0.6) is 0 Å². The summed E-state index contributed by atoms with van der Waals surface area (Å²) in [5.74, 6) is 0.427. The topological polar surface area (TPSA) is 71.3 Å². The van der Waals surface area contributed by atoms with Crippen LogP contribution < -0.4 is 5.32 Å². The second-order valence-electron chi connectivity index (χ2n) is 4.49. The molecular formula is C13H14N4O2. The van der Waals surface area contributed by atoms with E-state index in [-0.39, 0.29) is 6.03 Å². The summed E-state index contributed by atoms with van der Waals surface area (Å²) in [7, 11) is 0. The van der Waals surface area contributed by atoms with Gasteiger partial charge in [0.15, 0.2) is 5.82 Å². The van der Waals surface area contributed by atoms with Gasteiger partial charge in [-0.25, -0.2) is 4.79 Å². The number of hydrogen-bond acceptors (Lipinski definition) is 4. The number of aromatic nitrogens is 2. The summed E-state index contributed by atoms with van der Waals surface area (Å²) in [6.45, 7) is 0.509. The molecule has 1 aliphatic rings. The van der Waals surface area contributed by atoms with Crippen molar-refractivity contribution in [2.24, 2.45) is 0 Å². The minimum Gasteiger partial charge on any atom is -0.363 e. The van der Waals surface area contributed by atoms with Crippen LogP contribution in [-0.4, -0.2) is 27.1 Å². The number of anilines is 1. The van der Waals surface area contributed by atoms with Crippen molar-refractivity contribution in [3.63, 3.8) is 0 Å². The van der Waals surface area contributed by atoms with E-state index in [2.05, 4.69) is 15.5 Å². The molecule has 0 spiro atoms. The average molecular weight is 258 g/mol. The van der Waals surface area contributed by atoms with Gasteiger partial charge in [-0.3, -0.25) is 10.3 Å². The van der Waals surface area contributed by atoms with Crippen molar-refractivity contribution < 1.29 is 9.32 Å². The average Bonchev–Trinajstić information content (AvgIpc) is 3.15. The summed E-state index contributed by atoms with van der Waals surface area (Å²) in [4.78, 5) is 18.2. The zero-order chi connectivity index (χ0) is 13.1. The molecule has 0 aliphatic heterocycles. The van der Waals surface area contributed by atoms with Gasteiger partial charge in [0.1, 0.15) is 6.26 Å². The molecule has 3 rings (SSSR count). The van der Waals surface area contributed by atoms with Crippen LogP contribution in [0.2, 0.25) is 0 Å². The molecular weight excluding hydrogens is 244 g/mol. The lowest BCUT2D eigenvalue weighted by atomic mass is 10.3. The van der Waals surface area contributed by atoms with E-state index in [4.69, 9.17) is 4.52 Å². The quantitative estimate of drug-likeness (QED) is 0.913.